The number of hydrogen-bond donors (Lipinski definition) is 0. The van der Waals surface area contributed by atoms with Gasteiger partial charge in [0.25, 0.3) is 0 Å². The van der Waals surface area contributed by atoms with Crippen LogP contribution in [0.1, 0.15) is 0 Å². The topological polar surface area (TPSA) is 121 Å². The van der Waals surface area contributed by atoms with Gasteiger partial charge in [0.05, 0.1) is 105 Å². The minimum atomic E-state index is 0.622. The van der Waals surface area contributed by atoms with Crippen LogP contribution in [0.5, 0.6) is 0 Å². The lowest BCUT2D eigenvalue weighted by Crippen LogP contribution is -2.03. The lowest BCUT2D eigenvalue weighted by Gasteiger charge is -2.12. The molecule has 0 radical (unpaired) electrons. The van der Waals surface area contributed by atoms with E-state index in [2.05, 4.69) is 470 Å². The summed E-state index contributed by atoms with van der Waals surface area (Å²) in [5.41, 5.74) is 33.6. The Hall–Kier alpha value is -20.3. The minimum Gasteiger partial charge on any atom is -0.455 e. The Morgan fingerprint density at radius 1 is 0.154 bits per heavy atom. The van der Waals surface area contributed by atoms with Gasteiger partial charge in [-0.15, -0.1) is 0 Å². The second-order valence-corrected chi connectivity index (χ2v) is 38.4. The summed E-state index contributed by atoms with van der Waals surface area (Å²) in [7, 11) is 0. The Morgan fingerprint density at radius 3 is 0.866 bits per heavy atom. The van der Waals surface area contributed by atoms with Crippen LogP contribution in [0.25, 0.3) is 298 Å². The summed E-state index contributed by atoms with van der Waals surface area (Å²) in [4.78, 5) is 20.9. The predicted octanol–water partition coefficient (Wildman–Crippen LogP) is 35.9. The van der Waals surface area contributed by atoms with Crippen LogP contribution >= 0.6 is 0 Å². The maximum absolute atomic E-state index is 6.72. The van der Waals surface area contributed by atoms with Crippen molar-refractivity contribution in [3.05, 3.63) is 497 Å². The lowest BCUT2D eigenvalue weighted by molar-refractivity contribution is 0.672. The third-order valence-electron chi connectivity index (χ3n) is 30.3. The van der Waals surface area contributed by atoms with Gasteiger partial charge in [0.2, 0.25) is 5.95 Å². The molecule has 11 aromatic heterocycles. The maximum Gasteiger partial charge on any atom is 0.235 e. The number of nitrogens with zero attached hydrogens (tertiary/aromatic N) is 10. The number of hydrogen-bond acceptors (Lipinski definition) is 7. The van der Waals surface area contributed by atoms with Crippen molar-refractivity contribution < 1.29 is 13.3 Å². The summed E-state index contributed by atoms with van der Waals surface area (Å²) in [6.45, 7) is 0. The van der Waals surface area contributed by atoms with Gasteiger partial charge in [-0.05, 0) is 205 Å². The molecule has 149 heavy (non-hydrogen) atoms. The summed E-state index contributed by atoms with van der Waals surface area (Å²) >= 11 is 0. The fourth-order valence-electron chi connectivity index (χ4n) is 24.0. The standard InChI is InChI=1S/C50H30N4O.C44H26N4O.C42H26N2O/c1-3-13-31(14-4-1)47-37-18-7-10-20-40(37)51-50(52-47)32-23-25-34(26-24-32)54-43-29-27-36-35-17-9-12-22-44(35)55-49(36)46(43)39-28-30-42-45(48(39)54)38-19-8-11-21-41(38)53(42)33-15-5-2-6-16-33;1-3-13-27(14-4-1)41-31-18-7-10-20-34(31)45-44(46-41)48-37-25-23-30-29-17-9-12-22-38(29)49-43(30)40(37)33-24-26-36-39(42(33)48)32-19-8-11-21-35(32)47(36)28-15-5-2-6-16-28;1-3-12-27(13-4-1)28-14-11-17-30(26-28)44-37-24-22-32-31-18-8-10-21-38(31)45-42(32)40(37)34-23-25-36-39(41(34)44)33-19-7-9-20-35(33)43(36)29-15-5-2-6-16-29/h1-30H;1-26H;1-26H. The second kappa shape index (κ2) is 33.2. The molecular weight excluding hydrogens is 1820 g/mol. The Labute approximate surface area is 850 Å². The van der Waals surface area contributed by atoms with Crippen LogP contribution in [-0.2, 0) is 0 Å². The molecular formula is C136H82N10O3. The van der Waals surface area contributed by atoms with Crippen molar-refractivity contribution in [2.24, 2.45) is 0 Å². The highest BCUT2D eigenvalue weighted by molar-refractivity contribution is 6.35. The number of para-hydroxylation sites is 11. The van der Waals surface area contributed by atoms with E-state index in [1.54, 1.807) is 0 Å². The van der Waals surface area contributed by atoms with Crippen molar-refractivity contribution >= 4 is 218 Å². The Kier molecular flexibility index (Phi) is 18.5. The predicted molar refractivity (Wildman–Crippen MR) is 615 cm³/mol. The zero-order chi connectivity index (χ0) is 97.6. The Morgan fingerprint density at radius 2 is 0.450 bits per heavy atom. The average molecular weight is 1900 g/mol. The summed E-state index contributed by atoms with van der Waals surface area (Å²) in [5, 5.41) is 22.7. The normalized spacial score (nSPS) is 12.0. The first-order chi connectivity index (χ1) is 74.0. The molecule has 11 heterocycles. The van der Waals surface area contributed by atoms with E-state index >= 15 is 0 Å². The maximum atomic E-state index is 6.72. The van der Waals surface area contributed by atoms with Gasteiger partial charge in [0, 0.05) is 137 Å². The van der Waals surface area contributed by atoms with Gasteiger partial charge in [-0.25, -0.2) is 19.9 Å². The van der Waals surface area contributed by atoms with Gasteiger partial charge < -0.3 is 36.1 Å². The molecule has 0 unspecified atom stereocenters. The van der Waals surface area contributed by atoms with Gasteiger partial charge in [0.15, 0.2) is 5.82 Å². The number of aromatic nitrogens is 10. The monoisotopic (exact) mass is 1900 g/mol. The van der Waals surface area contributed by atoms with Crippen LogP contribution in [0.15, 0.2) is 511 Å². The highest BCUT2D eigenvalue weighted by atomic mass is 16.3. The number of fused-ring (bicyclic) bond motifs is 35. The van der Waals surface area contributed by atoms with E-state index < -0.39 is 0 Å². The Balaban J connectivity index is 0.000000101. The van der Waals surface area contributed by atoms with Crippen LogP contribution in [0.2, 0.25) is 0 Å². The molecule has 0 bridgehead atoms. The molecule has 0 spiro atoms. The van der Waals surface area contributed by atoms with Crippen molar-refractivity contribution in [2.75, 3.05) is 0 Å². The first-order valence-corrected chi connectivity index (χ1v) is 50.5. The molecule has 13 heteroatoms. The first-order valence-electron chi connectivity index (χ1n) is 50.5. The van der Waals surface area contributed by atoms with Gasteiger partial charge in [-0.1, -0.05) is 303 Å². The molecule has 33 rings (SSSR count). The van der Waals surface area contributed by atoms with Crippen molar-refractivity contribution in [3.63, 3.8) is 0 Å². The molecule has 0 amide bonds. The van der Waals surface area contributed by atoms with Gasteiger partial charge in [-0.2, -0.15) is 0 Å². The zero-order valence-corrected chi connectivity index (χ0v) is 80.0. The van der Waals surface area contributed by atoms with Crippen LogP contribution < -0.4 is 0 Å². The lowest BCUT2D eigenvalue weighted by atomic mass is 10.0. The number of benzene rings is 22. The molecule has 694 valence electrons. The van der Waals surface area contributed by atoms with E-state index in [1.807, 2.05) is 54.6 Å². The highest BCUT2D eigenvalue weighted by Gasteiger charge is 2.31. The van der Waals surface area contributed by atoms with E-state index in [4.69, 9.17) is 33.2 Å². The summed E-state index contributed by atoms with van der Waals surface area (Å²) < 4.78 is 34.4. The van der Waals surface area contributed by atoms with Gasteiger partial charge in [0.1, 0.15) is 33.5 Å². The van der Waals surface area contributed by atoms with Crippen molar-refractivity contribution in [1.82, 2.24) is 47.3 Å². The third kappa shape index (κ3) is 12.8. The molecule has 0 saturated heterocycles. The zero-order valence-electron chi connectivity index (χ0n) is 80.0. The molecule has 0 atom stereocenters. The highest BCUT2D eigenvalue weighted by Crippen LogP contribution is 2.52. The van der Waals surface area contributed by atoms with E-state index in [0.717, 1.165) is 221 Å². The van der Waals surface area contributed by atoms with E-state index in [-0.39, 0.29) is 0 Å². The van der Waals surface area contributed by atoms with Crippen molar-refractivity contribution in [3.8, 4) is 79.4 Å². The van der Waals surface area contributed by atoms with E-state index in [9.17, 15) is 0 Å². The SMILES string of the molecule is c1ccc(-c2cccc(-n3c4ccc5c6ccccc6oc5c4c4ccc5c(c6ccccc6n5-c5ccccc5)c43)c2)cc1.c1ccc(-c2nc(-c3ccc(-n4c5ccc6c7ccccc7oc6c5c5ccc6c(c7ccccc7n6-c6ccccc6)c54)cc3)nc3ccccc23)cc1.c1ccc(-c2nc(-n3c4ccc5c6ccccc6oc5c4c4ccc5c(c6ccccc6n5-c5ccccc5)c43)nc3ccccc23)cc1. The molecule has 13 nitrogen and oxygen atoms in total. The molecule has 33 aromatic rings. The quantitative estimate of drug-likeness (QED) is 0.134. The number of furan rings is 3. The molecule has 0 fully saturated rings. The fraction of sp³-hybridized carbons (Fsp3) is 0. The molecule has 0 aliphatic rings. The molecule has 0 aliphatic heterocycles. The van der Waals surface area contributed by atoms with Gasteiger partial charge >= 0.3 is 0 Å². The van der Waals surface area contributed by atoms with E-state index in [1.165, 1.54) is 65.5 Å². The number of rotatable bonds is 10. The molecule has 0 N–H and O–H groups in total. The van der Waals surface area contributed by atoms with Crippen molar-refractivity contribution in [2.45, 2.75) is 0 Å². The smallest absolute Gasteiger partial charge is 0.235 e. The summed E-state index contributed by atoms with van der Waals surface area (Å²) in [6, 6.07) is 176. The largest absolute Gasteiger partial charge is 0.455 e. The second-order valence-electron chi connectivity index (χ2n) is 38.4. The first kappa shape index (κ1) is 83.3. The van der Waals surface area contributed by atoms with Crippen LogP contribution in [0, 0.1) is 0 Å². The molecule has 0 aliphatic carbocycles. The van der Waals surface area contributed by atoms with Crippen LogP contribution in [0.3, 0.4) is 0 Å². The van der Waals surface area contributed by atoms with Crippen LogP contribution in [-0.4, -0.2) is 47.3 Å². The van der Waals surface area contributed by atoms with Gasteiger partial charge in [-0.3, -0.25) is 4.57 Å². The molecule has 22 aromatic carbocycles. The van der Waals surface area contributed by atoms with E-state index in [0.29, 0.717) is 11.8 Å². The molecule has 0 saturated carbocycles. The summed E-state index contributed by atoms with van der Waals surface area (Å²) in [5.74, 6) is 1.32. The summed E-state index contributed by atoms with van der Waals surface area (Å²) in [6.07, 6.45) is 0. The fourth-order valence-corrected chi connectivity index (χ4v) is 24.0. The Bertz CT molecular complexity index is 11300. The average Bonchev–Trinajstić information content (AvgIpc) is 1.54. The minimum absolute atomic E-state index is 0.622. The third-order valence-corrected chi connectivity index (χ3v) is 30.3. The van der Waals surface area contributed by atoms with Crippen molar-refractivity contribution in [1.29, 1.82) is 0 Å². The van der Waals surface area contributed by atoms with Crippen LogP contribution in [0.4, 0.5) is 0 Å².